The lowest BCUT2D eigenvalue weighted by Crippen LogP contribution is -2.40. The molecule has 4 nitrogen and oxygen atoms in total. The average Bonchev–Trinajstić information content (AvgIpc) is 3.15. The van der Waals surface area contributed by atoms with Gasteiger partial charge in [0.2, 0.25) is 0 Å². The summed E-state index contributed by atoms with van der Waals surface area (Å²) in [6.45, 7) is 2.34. The Bertz CT molecular complexity index is 684. The van der Waals surface area contributed by atoms with Crippen molar-refractivity contribution < 1.29 is 17.9 Å². The third-order valence-corrected chi connectivity index (χ3v) is 6.09. The maximum atomic E-state index is 12.8. The molecular formula is C17H21ClF3N3O. The summed E-state index contributed by atoms with van der Waals surface area (Å²) >= 11 is 6.14. The maximum absolute atomic E-state index is 12.8. The number of alkyl halides is 3. The smallest absolute Gasteiger partial charge is 0.369 e. The van der Waals surface area contributed by atoms with Gasteiger partial charge in [0.05, 0.1) is 22.3 Å². The van der Waals surface area contributed by atoms with Crippen molar-refractivity contribution in [2.24, 2.45) is 11.8 Å². The molecule has 3 aliphatic heterocycles. The normalized spacial score (nSPS) is 34.2. The Morgan fingerprint density at radius 3 is 2.84 bits per heavy atom. The van der Waals surface area contributed by atoms with Gasteiger partial charge in [-0.25, -0.2) is 4.98 Å². The number of pyridine rings is 1. The molecule has 0 N–H and O–H groups in total. The van der Waals surface area contributed by atoms with E-state index in [1.807, 2.05) is 4.90 Å². The van der Waals surface area contributed by atoms with Crippen LogP contribution in [0.15, 0.2) is 12.3 Å². The first kappa shape index (κ1) is 17.4. The lowest BCUT2D eigenvalue weighted by atomic mass is 9.73. The van der Waals surface area contributed by atoms with E-state index >= 15 is 0 Å². The fraction of sp³-hybridized carbons (Fsp3) is 0.706. The van der Waals surface area contributed by atoms with Gasteiger partial charge in [-0.05, 0) is 33.0 Å². The molecule has 1 aromatic heterocycles. The van der Waals surface area contributed by atoms with E-state index in [1.165, 1.54) is 0 Å². The molecular weight excluding hydrogens is 355 g/mol. The molecule has 3 saturated heterocycles. The van der Waals surface area contributed by atoms with Gasteiger partial charge in [0.25, 0.3) is 0 Å². The Kier molecular flexibility index (Phi) is 3.98. The van der Waals surface area contributed by atoms with Gasteiger partial charge in [0, 0.05) is 37.7 Å². The molecule has 3 aliphatic rings. The monoisotopic (exact) mass is 375 g/mol. The molecule has 4 heterocycles. The van der Waals surface area contributed by atoms with Crippen LogP contribution in [0.1, 0.15) is 18.4 Å². The van der Waals surface area contributed by atoms with E-state index in [2.05, 4.69) is 24.0 Å². The van der Waals surface area contributed by atoms with Crippen LogP contribution < -0.4 is 4.90 Å². The van der Waals surface area contributed by atoms with E-state index in [4.69, 9.17) is 16.3 Å². The van der Waals surface area contributed by atoms with E-state index in [0.29, 0.717) is 30.3 Å². The standard InChI is InChI=1S/C17H21ClF3N3O/c1-23(2)7-11-12-8-24(9-16(12)4-3-14(11)25-16)15-13(18)5-10(6-22-15)17(19,20)21/h5-6,11-12,14H,3-4,7-9H2,1-2H3/t11-,12+,14+,16+/m0/s1. The van der Waals surface area contributed by atoms with Crippen molar-refractivity contribution in [3.8, 4) is 0 Å². The first-order chi connectivity index (χ1) is 11.7. The van der Waals surface area contributed by atoms with Crippen LogP contribution in [0.5, 0.6) is 0 Å². The molecule has 25 heavy (non-hydrogen) atoms. The number of rotatable bonds is 3. The second-order valence-corrected chi connectivity index (χ2v) is 8.11. The minimum atomic E-state index is -4.44. The second-order valence-electron chi connectivity index (χ2n) is 7.70. The third kappa shape index (κ3) is 2.80. The Labute approximate surface area is 149 Å². The van der Waals surface area contributed by atoms with E-state index < -0.39 is 11.7 Å². The lowest BCUT2D eigenvalue weighted by Gasteiger charge is -2.30. The molecule has 1 aromatic rings. The lowest BCUT2D eigenvalue weighted by molar-refractivity contribution is -0.137. The average molecular weight is 376 g/mol. The van der Waals surface area contributed by atoms with Crippen LogP contribution in [-0.2, 0) is 10.9 Å². The SMILES string of the molecule is CN(C)C[C@H]1[C@H]2CN(c3ncc(C(F)(F)F)cc3Cl)C[C@]23CC[C@H]1O3. The van der Waals surface area contributed by atoms with Crippen LogP contribution in [0.3, 0.4) is 0 Å². The highest BCUT2D eigenvalue weighted by Gasteiger charge is 2.63. The van der Waals surface area contributed by atoms with Gasteiger partial charge in [-0.2, -0.15) is 13.2 Å². The quantitative estimate of drug-likeness (QED) is 0.810. The Morgan fingerprint density at radius 2 is 2.20 bits per heavy atom. The Hall–Kier alpha value is -1.05. The van der Waals surface area contributed by atoms with Crippen LogP contribution in [0.25, 0.3) is 0 Å². The number of anilines is 1. The topological polar surface area (TPSA) is 28.6 Å². The van der Waals surface area contributed by atoms with Crippen molar-refractivity contribution in [2.45, 2.75) is 30.7 Å². The van der Waals surface area contributed by atoms with Gasteiger partial charge in [-0.1, -0.05) is 11.6 Å². The number of halogens is 4. The second kappa shape index (κ2) is 5.72. The summed E-state index contributed by atoms with van der Waals surface area (Å²) in [5, 5.41) is 0.0462. The zero-order valence-corrected chi connectivity index (χ0v) is 14.9. The molecule has 0 unspecified atom stereocenters. The van der Waals surface area contributed by atoms with Crippen LogP contribution in [0, 0.1) is 11.8 Å². The molecule has 0 radical (unpaired) electrons. The molecule has 3 fully saturated rings. The predicted octanol–water partition coefficient (Wildman–Crippen LogP) is 3.30. The molecule has 0 amide bonds. The van der Waals surface area contributed by atoms with Crippen LogP contribution >= 0.6 is 11.6 Å². The predicted molar refractivity (Wildman–Crippen MR) is 88.8 cm³/mol. The molecule has 1 spiro atoms. The number of hydrogen-bond donors (Lipinski definition) is 0. The van der Waals surface area contributed by atoms with Gasteiger partial charge < -0.3 is 14.5 Å². The van der Waals surface area contributed by atoms with Gasteiger partial charge in [0.15, 0.2) is 0 Å². The minimum Gasteiger partial charge on any atom is -0.369 e. The van der Waals surface area contributed by atoms with Crippen molar-refractivity contribution in [2.75, 3.05) is 38.6 Å². The van der Waals surface area contributed by atoms with Crippen molar-refractivity contribution in [1.82, 2.24) is 9.88 Å². The highest BCUT2D eigenvalue weighted by Crippen LogP contribution is 2.55. The fourth-order valence-corrected chi connectivity index (χ4v) is 5.12. The number of nitrogens with zero attached hydrogens (tertiary/aromatic N) is 3. The zero-order chi connectivity index (χ0) is 18.0. The number of ether oxygens (including phenoxy) is 1. The fourth-order valence-electron chi connectivity index (χ4n) is 4.84. The van der Waals surface area contributed by atoms with E-state index in [0.717, 1.165) is 38.2 Å². The summed E-state index contributed by atoms with van der Waals surface area (Å²) in [6, 6.07) is 0.964. The van der Waals surface area contributed by atoms with Crippen molar-refractivity contribution in [3.05, 3.63) is 22.8 Å². The Balaban J connectivity index is 1.58. The van der Waals surface area contributed by atoms with E-state index in [1.54, 1.807) is 0 Å². The summed E-state index contributed by atoms with van der Waals surface area (Å²) in [5.41, 5.74) is -1.01. The van der Waals surface area contributed by atoms with Crippen molar-refractivity contribution in [3.63, 3.8) is 0 Å². The number of hydrogen-bond acceptors (Lipinski definition) is 4. The maximum Gasteiger partial charge on any atom is 0.417 e. The van der Waals surface area contributed by atoms with E-state index in [9.17, 15) is 13.2 Å². The van der Waals surface area contributed by atoms with Gasteiger partial charge in [0.1, 0.15) is 5.82 Å². The number of fused-ring (bicyclic) bond motifs is 1. The molecule has 4 rings (SSSR count). The molecule has 0 aliphatic carbocycles. The van der Waals surface area contributed by atoms with Crippen LogP contribution in [-0.4, -0.2) is 55.3 Å². The zero-order valence-electron chi connectivity index (χ0n) is 14.2. The van der Waals surface area contributed by atoms with Crippen LogP contribution in [0.2, 0.25) is 5.02 Å². The molecule has 0 saturated carbocycles. The third-order valence-electron chi connectivity index (χ3n) is 5.81. The van der Waals surface area contributed by atoms with E-state index in [-0.39, 0.29) is 10.6 Å². The molecule has 0 aromatic carbocycles. The van der Waals surface area contributed by atoms with Crippen molar-refractivity contribution >= 4 is 17.4 Å². The van der Waals surface area contributed by atoms with Gasteiger partial charge in [-0.15, -0.1) is 0 Å². The van der Waals surface area contributed by atoms with Gasteiger partial charge in [-0.3, -0.25) is 0 Å². The highest BCUT2D eigenvalue weighted by atomic mass is 35.5. The Morgan fingerprint density at radius 1 is 1.44 bits per heavy atom. The minimum absolute atomic E-state index is 0.0462. The molecule has 2 bridgehead atoms. The van der Waals surface area contributed by atoms with Crippen LogP contribution in [0.4, 0.5) is 19.0 Å². The van der Waals surface area contributed by atoms with Gasteiger partial charge >= 0.3 is 6.18 Å². The largest absolute Gasteiger partial charge is 0.417 e. The first-order valence-electron chi connectivity index (χ1n) is 8.50. The summed E-state index contributed by atoms with van der Waals surface area (Å²) in [5.74, 6) is 1.24. The number of aromatic nitrogens is 1. The summed E-state index contributed by atoms with van der Waals surface area (Å²) in [7, 11) is 4.11. The molecule has 8 heteroatoms. The molecule has 138 valence electrons. The first-order valence-corrected chi connectivity index (χ1v) is 8.88. The summed E-state index contributed by atoms with van der Waals surface area (Å²) < 4.78 is 44.8. The highest BCUT2D eigenvalue weighted by molar-refractivity contribution is 6.33. The summed E-state index contributed by atoms with van der Waals surface area (Å²) in [4.78, 5) is 8.20. The summed E-state index contributed by atoms with van der Waals surface area (Å²) in [6.07, 6.45) is -1.22. The van der Waals surface area contributed by atoms with Crippen molar-refractivity contribution in [1.29, 1.82) is 0 Å². The molecule has 4 atom stereocenters.